The molecule has 7 nitrogen and oxygen atoms in total. The second-order valence-corrected chi connectivity index (χ2v) is 8.99. The lowest BCUT2D eigenvalue weighted by Crippen LogP contribution is -2.37. The van der Waals surface area contributed by atoms with Gasteiger partial charge in [-0.1, -0.05) is 11.6 Å². The van der Waals surface area contributed by atoms with E-state index in [0.29, 0.717) is 18.5 Å². The van der Waals surface area contributed by atoms with E-state index in [9.17, 15) is 13.2 Å². The van der Waals surface area contributed by atoms with Gasteiger partial charge in [-0.2, -0.15) is 0 Å². The number of carbonyl (C=O) groups is 1. The fourth-order valence-electron chi connectivity index (χ4n) is 2.17. The van der Waals surface area contributed by atoms with Crippen LogP contribution >= 0.6 is 11.6 Å². The van der Waals surface area contributed by atoms with Gasteiger partial charge >= 0.3 is 6.09 Å². The first-order valence-electron chi connectivity index (χ1n) is 7.21. The Bertz CT molecular complexity index is 715. The van der Waals surface area contributed by atoms with E-state index in [-0.39, 0.29) is 16.9 Å². The number of nitrogens with zero attached hydrogens (tertiary/aromatic N) is 3. The summed E-state index contributed by atoms with van der Waals surface area (Å²) in [7, 11) is -3.74. The van der Waals surface area contributed by atoms with E-state index in [1.807, 2.05) is 0 Å². The molecule has 9 heteroatoms. The van der Waals surface area contributed by atoms with Gasteiger partial charge in [-0.25, -0.2) is 23.2 Å². The lowest BCUT2D eigenvalue weighted by molar-refractivity contribution is 0.0295. The second-order valence-electron chi connectivity index (χ2n) is 6.51. The monoisotopic (exact) mass is 361 g/mol. The highest BCUT2D eigenvalue weighted by molar-refractivity contribution is 7.91. The van der Waals surface area contributed by atoms with Crippen molar-refractivity contribution in [2.75, 3.05) is 13.1 Å². The van der Waals surface area contributed by atoms with E-state index in [2.05, 4.69) is 9.97 Å². The Balaban J connectivity index is 2.14. The highest BCUT2D eigenvalue weighted by Gasteiger charge is 2.39. The molecule has 2 heterocycles. The molecule has 0 aromatic carbocycles. The zero-order valence-electron chi connectivity index (χ0n) is 13.5. The maximum atomic E-state index is 12.6. The third kappa shape index (κ3) is 4.11. The summed E-state index contributed by atoms with van der Waals surface area (Å²) in [5.41, 5.74) is -0.0193. The molecule has 0 aliphatic carbocycles. The van der Waals surface area contributed by atoms with E-state index in [1.165, 1.54) is 11.1 Å². The van der Waals surface area contributed by atoms with Crippen LogP contribution in [0.25, 0.3) is 0 Å². The third-order valence-corrected chi connectivity index (χ3v) is 5.73. The lowest BCUT2D eigenvalue weighted by Gasteiger charge is -2.24. The summed E-state index contributed by atoms with van der Waals surface area (Å²) >= 11 is 5.88. The average Bonchev–Trinajstić information content (AvgIpc) is 2.90. The molecule has 0 unspecified atom stereocenters. The van der Waals surface area contributed by atoms with E-state index < -0.39 is 26.8 Å². The van der Waals surface area contributed by atoms with Gasteiger partial charge in [-0.3, -0.25) is 0 Å². The molecular weight excluding hydrogens is 342 g/mol. The molecule has 23 heavy (non-hydrogen) atoms. The Morgan fingerprint density at radius 1 is 1.43 bits per heavy atom. The van der Waals surface area contributed by atoms with Crippen LogP contribution in [0.1, 0.15) is 32.8 Å². The molecule has 1 aliphatic rings. The predicted octanol–water partition coefficient (Wildman–Crippen LogP) is 2.22. The Labute approximate surface area is 140 Å². The topological polar surface area (TPSA) is 89.5 Å². The van der Waals surface area contributed by atoms with E-state index >= 15 is 0 Å². The molecule has 1 aromatic heterocycles. The molecule has 0 saturated carbocycles. The van der Waals surface area contributed by atoms with E-state index in [0.717, 1.165) is 0 Å². The highest BCUT2D eigenvalue weighted by Crippen LogP contribution is 2.24. The number of likely N-dealkylation sites (tertiary alicyclic amines) is 1. The van der Waals surface area contributed by atoms with E-state index in [1.54, 1.807) is 27.7 Å². The summed E-state index contributed by atoms with van der Waals surface area (Å²) in [5.74, 6) is 0. The van der Waals surface area contributed by atoms with Crippen molar-refractivity contribution in [1.82, 2.24) is 14.9 Å². The van der Waals surface area contributed by atoms with Crippen molar-refractivity contribution in [1.29, 1.82) is 0 Å². The van der Waals surface area contributed by atoms with Crippen molar-refractivity contribution in [3.05, 3.63) is 16.9 Å². The van der Waals surface area contributed by atoms with Crippen molar-refractivity contribution >= 4 is 27.5 Å². The van der Waals surface area contributed by atoms with Gasteiger partial charge in [0.25, 0.3) is 0 Å². The SMILES string of the molecule is Cc1cnc(S(=O)(=O)[C@@H]2CCN(C(=O)OC(C)(C)C)C2)nc1Cl. The number of sulfone groups is 1. The molecule has 128 valence electrons. The minimum atomic E-state index is -3.74. The minimum Gasteiger partial charge on any atom is -0.444 e. The number of ether oxygens (including phenoxy) is 1. The molecule has 0 bridgehead atoms. The lowest BCUT2D eigenvalue weighted by atomic mass is 10.2. The van der Waals surface area contributed by atoms with Gasteiger partial charge in [0.05, 0.1) is 5.25 Å². The van der Waals surface area contributed by atoms with E-state index in [4.69, 9.17) is 16.3 Å². The van der Waals surface area contributed by atoms with Crippen LogP contribution in [-0.4, -0.2) is 53.3 Å². The molecule has 1 fully saturated rings. The van der Waals surface area contributed by atoms with Crippen molar-refractivity contribution in [3.63, 3.8) is 0 Å². The van der Waals surface area contributed by atoms with Crippen LogP contribution in [-0.2, 0) is 14.6 Å². The number of halogens is 1. The van der Waals surface area contributed by atoms with Crippen molar-refractivity contribution in [2.24, 2.45) is 0 Å². The Hall–Kier alpha value is -1.41. The summed E-state index contributed by atoms with van der Waals surface area (Å²) in [4.78, 5) is 21.1. The van der Waals surface area contributed by atoms with Crippen LogP contribution in [0.4, 0.5) is 4.79 Å². The Kier molecular flexibility index (Phi) is 4.86. The zero-order valence-corrected chi connectivity index (χ0v) is 15.1. The maximum Gasteiger partial charge on any atom is 0.410 e. The zero-order chi connectivity index (χ0) is 17.4. The number of aryl methyl sites for hydroxylation is 1. The summed E-state index contributed by atoms with van der Waals surface area (Å²) < 4.78 is 30.4. The number of hydrogen-bond acceptors (Lipinski definition) is 6. The summed E-state index contributed by atoms with van der Waals surface area (Å²) in [6, 6.07) is 0. The molecule has 2 rings (SSSR count). The van der Waals surface area contributed by atoms with Crippen LogP contribution in [0, 0.1) is 6.92 Å². The van der Waals surface area contributed by atoms with Crippen molar-refractivity contribution in [2.45, 2.75) is 50.1 Å². The molecule has 0 spiro atoms. The van der Waals surface area contributed by atoms with Gasteiger partial charge in [-0.05, 0) is 34.1 Å². The summed E-state index contributed by atoms with van der Waals surface area (Å²) in [6.45, 7) is 7.36. The third-order valence-electron chi connectivity index (χ3n) is 3.38. The number of hydrogen-bond donors (Lipinski definition) is 0. The number of carbonyl (C=O) groups excluding carboxylic acids is 1. The molecule has 1 aromatic rings. The number of rotatable bonds is 2. The first kappa shape index (κ1) is 17.9. The van der Waals surface area contributed by atoms with Gasteiger partial charge in [0.15, 0.2) is 0 Å². The first-order valence-corrected chi connectivity index (χ1v) is 9.14. The fourth-order valence-corrected chi connectivity index (χ4v) is 3.85. The van der Waals surface area contributed by atoms with Crippen LogP contribution in [0.5, 0.6) is 0 Å². The first-order chi connectivity index (χ1) is 10.5. The van der Waals surface area contributed by atoms with Gasteiger partial charge in [0.1, 0.15) is 10.8 Å². The molecular formula is C14H20ClN3O4S. The van der Waals surface area contributed by atoms with Crippen LogP contribution in [0.15, 0.2) is 11.4 Å². The highest BCUT2D eigenvalue weighted by atomic mass is 35.5. The molecule has 1 atom stereocenters. The van der Waals surface area contributed by atoms with Crippen LogP contribution in [0.2, 0.25) is 5.15 Å². The number of aromatic nitrogens is 2. The molecule has 1 aliphatic heterocycles. The molecule has 1 amide bonds. The quantitative estimate of drug-likeness (QED) is 0.592. The Morgan fingerprint density at radius 2 is 2.09 bits per heavy atom. The van der Waals surface area contributed by atoms with Crippen LogP contribution < -0.4 is 0 Å². The molecule has 0 N–H and O–H groups in total. The van der Waals surface area contributed by atoms with Gasteiger partial charge in [-0.15, -0.1) is 0 Å². The van der Waals surface area contributed by atoms with Gasteiger partial charge < -0.3 is 9.64 Å². The largest absolute Gasteiger partial charge is 0.444 e. The van der Waals surface area contributed by atoms with Gasteiger partial charge in [0.2, 0.25) is 15.0 Å². The van der Waals surface area contributed by atoms with Crippen molar-refractivity contribution in [3.8, 4) is 0 Å². The minimum absolute atomic E-state index is 0.0616. The Morgan fingerprint density at radius 3 is 2.65 bits per heavy atom. The normalized spacial score (nSPS) is 19.0. The van der Waals surface area contributed by atoms with Gasteiger partial charge in [0, 0.05) is 24.8 Å². The standard InChI is InChI=1S/C14H20ClN3O4S/c1-9-7-16-12(17-11(9)15)23(20,21)10-5-6-18(8-10)13(19)22-14(2,3)4/h7,10H,5-6,8H2,1-4H3/t10-/m1/s1. The second kappa shape index (κ2) is 6.24. The smallest absolute Gasteiger partial charge is 0.410 e. The number of amides is 1. The maximum absolute atomic E-state index is 12.6. The molecule has 1 saturated heterocycles. The van der Waals surface area contributed by atoms with Crippen molar-refractivity contribution < 1.29 is 17.9 Å². The summed E-state index contributed by atoms with van der Waals surface area (Å²) in [5, 5.41) is -0.946. The summed E-state index contributed by atoms with van der Waals surface area (Å²) in [6.07, 6.45) is 1.18. The van der Waals surface area contributed by atoms with Crippen LogP contribution in [0.3, 0.4) is 0 Å². The average molecular weight is 362 g/mol. The fraction of sp³-hybridized carbons (Fsp3) is 0.643. The predicted molar refractivity (Wildman–Crippen MR) is 85.2 cm³/mol. The molecule has 0 radical (unpaired) electrons.